The molecule has 33 heavy (non-hydrogen) atoms. The molecule has 170 valence electrons. The molecule has 1 aliphatic heterocycles. The number of ketones is 1. The number of aliphatic hydroxyl groups excluding tert-OH is 1. The summed E-state index contributed by atoms with van der Waals surface area (Å²) in [5.74, 6) is -0.849. The first-order valence-corrected chi connectivity index (χ1v) is 11.7. The maximum absolute atomic E-state index is 13.4. The molecule has 1 N–H and O–H groups in total. The van der Waals surface area contributed by atoms with Crippen molar-refractivity contribution in [2.75, 3.05) is 12.0 Å². The fraction of sp³-hybridized carbons (Fsp3) is 0.259. The van der Waals surface area contributed by atoms with Gasteiger partial charge in [0, 0.05) is 16.7 Å². The van der Waals surface area contributed by atoms with Crippen molar-refractivity contribution in [3.8, 4) is 16.9 Å². The predicted molar refractivity (Wildman–Crippen MR) is 132 cm³/mol. The molecule has 0 fully saturated rings. The highest BCUT2D eigenvalue weighted by atomic mass is 32.1. The number of thiophene rings is 1. The number of aliphatic hydroxyl groups is 1. The van der Waals surface area contributed by atoms with Gasteiger partial charge in [-0.15, -0.1) is 0 Å². The van der Waals surface area contributed by atoms with E-state index in [4.69, 9.17) is 4.74 Å². The van der Waals surface area contributed by atoms with Gasteiger partial charge in [0.25, 0.3) is 5.91 Å². The minimum Gasteiger partial charge on any atom is -0.503 e. The van der Waals surface area contributed by atoms with Gasteiger partial charge < -0.3 is 9.84 Å². The summed E-state index contributed by atoms with van der Waals surface area (Å²) in [4.78, 5) is 28.2. The molecule has 0 bridgehead atoms. The average molecular weight is 462 g/mol. The van der Waals surface area contributed by atoms with Crippen LogP contribution in [0.1, 0.15) is 37.9 Å². The zero-order valence-corrected chi connectivity index (χ0v) is 20.2. The number of para-hydroxylation sites is 1. The Balaban J connectivity index is 1.86. The van der Waals surface area contributed by atoms with E-state index < -0.39 is 23.1 Å². The van der Waals surface area contributed by atoms with E-state index in [1.54, 1.807) is 45.3 Å². The lowest BCUT2D eigenvalue weighted by Gasteiger charge is -2.30. The highest BCUT2D eigenvalue weighted by Crippen LogP contribution is 2.46. The second-order valence-electron chi connectivity index (χ2n) is 9.18. The second kappa shape index (κ2) is 8.52. The molecule has 1 unspecified atom stereocenters. The fourth-order valence-corrected chi connectivity index (χ4v) is 5.01. The molecule has 1 aromatic heterocycles. The first-order chi connectivity index (χ1) is 15.6. The van der Waals surface area contributed by atoms with Crippen LogP contribution in [0.25, 0.3) is 11.1 Å². The zero-order chi connectivity index (χ0) is 23.9. The Labute approximate surface area is 197 Å². The molecule has 1 atom stereocenters. The van der Waals surface area contributed by atoms with Gasteiger partial charge in [-0.3, -0.25) is 14.5 Å². The third-order valence-corrected chi connectivity index (χ3v) is 6.74. The van der Waals surface area contributed by atoms with Crippen LogP contribution in [0.2, 0.25) is 0 Å². The molecule has 0 saturated carbocycles. The SMILES string of the molecule is COc1ccccc1C1C(C(=O)C(C)(C)C)=C(O)C(=O)N1c1ccc(-c2cscc2C)cc1. The molecule has 5 nitrogen and oxygen atoms in total. The molecule has 1 aliphatic rings. The van der Waals surface area contributed by atoms with Crippen molar-refractivity contribution < 1.29 is 19.4 Å². The van der Waals surface area contributed by atoms with E-state index >= 15 is 0 Å². The number of carbonyl (C=O) groups excluding carboxylic acids is 2. The highest BCUT2D eigenvalue weighted by molar-refractivity contribution is 7.08. The van der Waals surface area contributed by atoms with E-state index in [0.717, 1.165) is 11.1 Å². The summed E-state index contributed by atoms with van der Waals surface area (Å²) in [6.07, 6.45) is 0. The number of rotatable bonds is 5. The molecule has 2 heterocycles. The molecule has 0 radical (unpaired) electrons. The van der Waals surface area contributed by atoms with Crippen LogP contribution < -0.4 is 9.64 Å². The average Bonchev–Trinajstić information content (AvgIpc) is 3.33. The molecular weight excluding hydrogens is 434 g/mol. The van der Waals surface area contributed by atoms with Gasteiger partial charge >= 0.3 is 0 Å². The highest BCUT2D eigenvalue weighted by Gasteiger charge is 2.47. The number of anilines is 1. The van der Waals surface area contributed by atoms with Gasteiger partial charge in [-0.05, 0) is 52.6 Å². The minimum absolute atomic E-state index is 0.0924. The predicted octanol–water partition coefficient (Wildman–Crippen LogP) is 6.25. The number of nitrogens with zero attached hydrogens (tertiary/aromatic N) is 1. The Morgan fingerprint density at radius 3 is 2.30 bits per heavy atom. The van der Waals surface area contributed by atoms with Gasteiger partial charge in [0.15, 0.2) is 11.5 Å². The van der Waals surface area contributed by atoms with Gasteiger partial charge in [-0.1, -0.05) is 51.1 Å². The Kier molecular flexibility index (Phi) is 5.89. The van der Waals surface area contributed by atoms with Crippen LogP contribution in [0.3, 0.4) is 0 Å². The minimum atomic E-state index is -0.797. The van der Waals surface area contributed by atoms with Crippen molar-refractivity contribution >= 4 is 28.7 Å². The lowest BCUT2D eigenvalue weighted by atomic mass is 9.82. The number of ether oxygens (including phenoxy) is 1. The third-order valence-electron chi connectivity index (χ3n) is 5.88. The maximum atomic E-state index is 13.4. The smallest absolute Gasteiger partial charge is 0.294 e. The molecular formula is C27H27NO4S. The molecule has 4 rings (SSSR count). The quantitative estimate of drug-likeness (QED) is 0.488. The van der Waals surface area contributed by atoms with Crippen LogP contribution in [0.5, 0.6) is 5.75 Å². The number of benzene rings is 2. The summed E-state index contributed by atoms with van der Waals surface area (Å²) in [7, 11) is 1.55. The monoisotopic (exact) mass is 461 g/mol. The van der Waals surface area contributed by atoms with Crippen LogP contribution in [0, 0.1) is 12.3 Å². The zero-order valence-electron chi connectivity index (χ0n) is 19.4. The van der Waals surface area contributed by atoms with Crippen molar-refractivity contribution in [2.45, 2.75) is 33.7 Å². The van der Waals surface area contributed by atoms with Crippen molar-refractivity contribution in [1.82, 2.24) is 0 Å². The summed E-state index contributed by atoms with van der Waals surface area (Å²) in [5, 5.41) is 15.1. The normalized spacial score (nSPS) is 16.5. The first kappa shape index (κ1) is 22.8. The molecule has 3 aromatic rings. The maximum Gasteiger partial charge on any atom is 0.294 e. The molecule has 6 heteroatoms. The van der Waals surface area contributed by atoms with Crippen molar-refractivity contribution in [3.63, 3.8) is 0 Å². The summed E-state index contributed by atoms with van der Waals surface area (Å²) >= 11 is 1.64. The third kappa shape index (κ3) is 3.95. The van der Waals surface area contributed by atoms with Gasteiger partial charge in [0.1, 0.15) is 5.75 Å². The lowest BCUT2D eigenvalue weighted by molar-refractivity contribution is -0.123. The van der Waals surface area contributed by atoms with Crippen molar-refractivity contribution in [1.29, 1.82) is 0 Å². The van der Waals surface area contributed by atoms with E-state index in [1.165, 1.54) is 10.5 Å². The van der Waals surface area contributed by atoms with E-state index in [2.05, 4.69) is 17.7 Å². The number of amides is 1. The number of carbonyl (C=O) groups is 2. The Hall–Kier alpha value is -3.38. The number of methoxy groups -OCH3 is 1. The summed E-state index contributed by atoms with van der Waals surface area (Å²) < 4.78 is 5.56. The Morgan fingerprint density at radius 2 is 1.73 bits per heavy atom. The fourth-order valence-electron chi connectivity index (χ4n) is 4.15. The summed E-state index contributed by atoms with van der Waals surface area (Å²) in [6.45, 7) is 7.40. The van der Waals surface area contributed by atoms with Gasteiger partial charge in [-0.25, -0.2) is 0 Å². The number of Topliss-reactive ketones (excluding diaryl/α,β-unsaturated/α-hetero) is 1. The van der Waals surface area contributed by atoms with Crippen LogP contribution in [-0.2, 0) is 9.59 Å². The van der Waals surface area contributed by atoms with Crippen molar-refractivity contribution in [2.24, 2.45) is 5.41 Å². The van der Waals surface area contributed by atoms with Gasteiger partial charge in [0.05, 0.1) is 18.7 Å². The van der Waals surface area contributed by atoms with Crippen LogP contribution in [0.4, 0.5) is 5.69 Å². The van der Waals surface area contributed by atoms with Gasteiger partial charge in [-0.2, -0.15) is 11.3 Å². The Bertz CT molecular complexity index is 1250. The van der Waals surface area contributed by atoms with Gasteiger partial charge in [0.2, 0.25) is 0 Å². The van der Waals surface area contributed by atoms with Crippen LogP contribution in [0.15, 0.2) is 70.6 Å². The standard InChI is InChI=1S/C27H27NO4S/c1-16-14-33-15-20(16)17-10-12-18(13-11-17)28-23(19-8-6-7-9-21(19)32-5)22(24(29)26(28)31)25(30)27(2,3)4/h6-15,23,29H,1-5H3. The number of aryl methyl sites for hydroxylation is 1. The molecule has 1 amide bonds. The molecule has 0 aliphatic carbocycles. The number of hydrogen-bond donors (Lipinski definition) is 1. The van der Waals surface area contributed by atoms with Crippen molar-refractivity contribution in [3.05, 3.63) is 81.8 Å². The largest absolute Gasteiger partial charge is 0.503 e. The molecule has 0 saturated heterocycles. The van der Waals surface area contributed by atoms with E-state index in [0.29, 0.717) is 17.0 Å². The summed E-state index contributed by atoms with van der Waals surface area (Å²) in [6, 6.07) is 14.1. The van der Waals surface area contributed by atoms with E-state index in [9.17, 15) is 14.7 Å². The van der Waals surface area contributed by atoms with E-state index in [-0.39, 0.29) is 11.4 Å². The molecule has 0 spiro atoms. The lowest BCUT2D eigenvalue weighted by Crippen LogP contribution is -2.33. The Morgan fingerprint density at radius 1 is 1.06 bits per heavy atom. The number of hydrogen-bond acceptors (Lipinski definition) is 5. The van der Waals surface area contributed by atoms with Crippen LogP contribution >= 0.6 is 11.3 Å². The molecule has 2 aromatic carbocycles. The topological polar surface area (TPSA) is 66.8 Å². The first-order valence-electron chi connectivity index (χ1n) is 10.7. The second-order valence-corrected chi connectivity index (χ2v) is 9.92. The van der Waals surface area contributed by atoms with Crippen LogP contribution in [-0.4, -0.2) is 23.9 Å². The summed E-state index contributed by atoms with van der Waals surface area (Å²) in [5.41, 5.74) is 3.93. The van der Waals surface area contributed by atoms with E-state index in [1.807, 2.05) is 42.5 Å².